The number of aromatic nitrogens is 2. The molecule has 2 rings (SSSR count). The normalized spacial score (nSPS) is 20.1. The Labute approximate surface area is 102 Å². The lowest BCUT2D eigenvalue weighted by Gasteiger charge is -2.27. The summed E-state index contributed by atoms with van der Waals surface area (Å²) in [6.07, 6.45) is 7.11. The molecule has 1 aliphatic rings. The summed E-state index contributed by atoms with van der Waals surface area (Å²) in [5.41, 5.74) is 6.18. The van der Waals surface area contributed by atoms with E-state index in [1.165, 1.54) is 25.7 Å². The van der Waals surface area contributed by atoms with E-state index in [2.05, 4.69) is 10.2 Å². The van der Waals surface area contributed by atoms with Crippen molar-refractivity contribution in [3.63, 3.8) is 0 Å². The minimum Gasteiger partial charge on any atom is -0.423 e. The Morgan fingerprint density at radius 1 is 1.24 bits per heavy atom. The van der Waals surface area contributed by atoms with E-state index in [1.807, 2.05) is 0 Å². The van der Waals surface area contributed by atoms with E-state index in [4.69, 9.17) is 14.9 Å². The van der Waals surface area contributed by atoms with Gasteiger partial charge < -0.3 is 14.9 Å². The fourth-order valence-corrected chi connectivity index (χ4v) is 2.31. The summed E-state index contributed by atoms with van der Waals surface area (Å²) in [6.45, 7) is 2.71. The van der Waals surface area contributed by atoms with Gasteiger partial charge in [-0.05, 0) is 12.8 Å². The fraction of sp³-hybridized carbons (Fsp3) is 0.833. The quantitative estimate of drug-likeness (QED) is 0.813. The van der Waals surface area contributed by atoms with Gasteiger partial charge >= 0.3 is 0 Å². The average molecular weight is 239 g/mol. The van der Waals surface area contributed by atoms with Crippen molar-refractivity contribution in [1.29, 1.82) is 0 Å². The van der Waals surface area contributed by atoms with Gasteiger partial charge in [0.2, 0.25) is 11.8 Å². The summed E-state index contributed by atoms with van der Waals surface area (Å²) in [7, 11) is 0. The molecule has 0 bridgehead atoms. The van der Waals surface area contributed by atoms with E-state index in [9.17, 15) is 0 Å². The Balaban J connectivity index is 1.76. The maximum atomic E-state index is 6.34. The zero-order valence-electron chi connectivity index (χ0n) is 10.4. The van der Waals surface area contributed by atoms with E-state index >= 15 is 0 Å². The number of aryl methyl sites for hydroxylation is 1. The standard InChI is InChI=1S/C12H21N3O2/c1-10-14-15-11(17-10)8-16-9-12(13)6-4-2-3-5-7-12/h2-9,13H2,1H3. The predicted molar refractivity (Wildman–Crippen MR) is 63.3 cm³/mol. The monoisotopic (exact) mass is 239 g/mol. The first-order valence-corrected chi connectivity index (χ1v) is 6.34. The lowest BCUT2D eigenvalue weighted by atomic mass is 9.93. The molecule has 1 aromatic heterocycles. The molecule has 1 aromatic rings. The molecule has 0 aromatic carbocycles. The number of ether oxygens (including phenoxy) is 1. The van der Waals surface area contributed by atoms with E-state index < -0.39 is 0 Å². The molecule has 0 atom stereocenters. The van der Waals surface area contributed by atoms with E-state index in [0.717, 1.165) is 12.8 Å². The lowest BCUT2D eigenvalue weighted by Crippen LogP contribution is -2.43. The fourth-order valence-electron chi connectivity index (χ4n) is 2.31. The summed E-state index contributed by atoms with van der Waals surface area (Å²) >= 11 is 0. The highest BCUT2D eigenvalue weighted by atomic mass is 16.5. The van der Waals surface area contributed by atoms with Crippen LogP contribution in [0.15, 0.2) is 4.42 Å². The number of rotatable bonds is 4. The van der Waals surface area contributed by atoms with Gasteiger partial charge in [0.05, 0.1) is 6.61 Å². The maximum Gasteiger partial charge on any atom is 0.242 e. The highest BCUT2D eigenvalue weighted by molar-refractivity contribution is 4.86. The molecule has 1 fully saturated rings. The average Bonchev–Trinajstić information content (AvgIpc) is 2.58. The molecule has 1 heterocycles. The minimum absolute atomic E-state index is 0.161. The Kier molecular flexibility index (Phi) is 4.12. The third-order valence-electron chi connectivity index (χ3n) is 3.28. The molecule has 5 heteroatoms. The molecular weight excluding hydrogens is 218 g/mol. The van der Waals surface area contributed by atoms with Gasteiger partial charge in [-0.25, -0.2) is 0 Å². The highest BCUT2D eigenvalue weighted by Gasteiger charge is 2.26. The van der Waals surface area contributed by atoms with Gasteiger partial charge in [-0.1, -0.05) is 25.7 Å². The predicted octanol–water partition coefficient (Wildman–Crippen LogP) is 1.95. The molecule has 5 nitrogen and oxygen atoms in total. The van der Waals surface area contributed by atoms with Crippen LogP contribution in [0.1, 0.15) is 50.3 Å². The molecule has 0 amide bonds. The number of nitrogens with two attached hydrogens (primary N) is 1. The van der Waals surface area contributed by atoms with E-state index in [1.54, 1.807) is 6.92 Å². The molecule has 17 heavy (non-hydrogen) atoms. The molecule has 96 valence electrons. The summed E-state index contributed by atoms with van der Waals surface area (Å²) < 4.78 is 10.9. The first kappa shape index (κ1) is 12.5. The topological polar surface area (TPSA) is 74.2 Å². The van der Waals surface area contributed by atoms with Crippen molar-refractivity contribution < 1.29 is 9.15 Å². The van der Waals surface area contributed by atoms with Crippen LogP contribution in [0.25, 0.3) is 0 Å². The molecule has 2 N–H and O–H groups in total. The summed E-state index contributed by atoms with van der Waals surface area (Å²) in [5, 5.41) is 7.64. The van der Waals surface area contributed by atoms with Crippen LogP contribution in [0, 0.1) is 6.92 Å². The van der Waals surface area contributed by atoms with Crippen LogP contribution in [0.5, 0.6) is 0 Å². The van der Waals surface area contributed by atoms with Crippen molar-refractivity contribution >= 4 is 0 Å². The Bertz CT molecular complexity index is 343. The third-order valence-corrected chi connectivity index (χ3v) is 3.28. The zero-order valence-corrected chi connectivity index (χ0v) is 10.4. The van der Waals surface area contributed by atoms with Gasteiger partial charge in [0.1, 0.15) is 6.61 Å². The van der Waals surface area contributed by atoms with Gasteiger partial charge in [0.25, 0.3) is 0 Å². The molecule has 0 spiro atoms. The molecule has 0 aliphatic heterocycles. The van der Waals surface area contributed by atoms with Crippen LogP contribution in [0.4, 0.5) is 0 Å². The first-order valence-electron chi connectivity index (χ1n) is 6.34. The molecular formula is C12H21N3O2. The SMILES string of the molecule is Cc1nnc(COCC2(N)CCCCCC2)o1. The first-order chi connectivity index (χ1) is 8.18. The van der Waals surface area contributed by atoms with Crippen molar-refractivity contribution in [3.8, 4) is 0 Å². The second-order valence-corrected chi connectivity index (χ2v) is 4.98. The molecule has 0 saturated heterocycles. The number of hydrogen-bond donors (Lipinski definition) is 1. The smallest absolute Gasteiger partial charge is 0.242 e. The second-order valence-electron chi connectivity index (χ2n) is 4.98. The Hall–Kier alpha value is -0.940. The highest BCUT2D eigenvalue weighted by Crippen LogP contribution is 2.25. The summed E-state index contributed by atoms with van der Waals surface area (Å²) in [4.78, 5) is 0. The van der Waals surface area contributed by atoms with Gasteiger partial charge in [0.15, 0.2) is 0 Å². The summed E-state index contributed by atoms with van der Waals surface area (Å²) in [5.74, 6) is 1.10. The number of hydrogen-bond acceptors (Lipinski definition) is 5. The van der Waals surface area contributed by atoms with Crippen LogP contribution in [0.2, 0.25) is 0 Å². The van der Waals surface area contributed by atoms with Gasteiger partial charge in [-0.15, -0.1) is 10.2 Å². The second kappa shape index (κ2) is 5.60. The summed E-state index contributed by atoms with van der Waals surface area (Å²) in [6, 6.07) is 0. The van der Waals surface area contributed by atoms with Crippen molar-refractivity contribution in [3.05, 3.63) is 11.8 Å². The Morgan fingerprint density at radius 3 is 2.53 bits per heavy atom. The van der Waals surface area contributed by atoms with Gasteiger partial charge in [-0.2, -0.15) is 0 Å². The maximum absolute atomic E-state index is 6.34. The van der Waals surface area contributed by atoms with Crippen molar-refractivity contribution in [2.45, 2.75) is 57.6 Å². The van der Waals surface area contributed by atoms with E-state index in [-0.39, 0.29) is 5.54 Å². The van der Waals surface area contributed by atoms with Crippen LogP contribution in [-0.2, 0) is 11.3 Å². The largest absolute Gasteiger partial charge is 0.423 e. The van der Waals surface area contributed by atoms with Crippen molar-refractivity contribution in [1.82, 2.24) is 10.2 Å². The molecule has 0 radical (unpaired) electrons. The van der Waals surface area contributed by atoms with E-state index in [0.29, 0.717) is 25.0 Å². The van der Waals surface area contributed by atoms with Crippen LogP contribution in [-0.4, -0.2) is 22.3 Å². The van der Waals surface area contributed by atoms with Crippen molar-refractivity contribution in [2.75, 3.05) is 6.61 Å². The molecule has 1 aliphatic carbocycles. The number of nitrogens with zero attached hydrogens (tertiary/aromatic N) is 2. The van der Waals surface area contributed by atoms with Crippen molar-refractivity contribution in [2.24, 2.45) is 5.73 Å². The van der Waals surface area contributed by atoms with Crippen LogP contribution in [0.3, 0.4) is 0 Å². The lowest BCUT2D eigenvalue weighted by molar-refractivity contribution is 0.0542. The zero-order chi connectivity index (χ0) is 12.1. The molecule has 0 unspecified atom stereocenters. The van der Waals surface area contributed by atoms with Gasteiger partial charge in [0, 0.05) is 12.5 Å². The Morgan fingerprint density at radius 2 is 1.94 bits per heavy atom. The minimum atomic E-state index is -0.161. The van der Waals surface area contributed by atoms with Gasteiger partial charge in [-0.3, -0.25) is 0 Å². The molecule has 1 saturated carbocycles. The van der Waals surface area contributed by atoms with Crippen LogP contribution < -0.4 is 5.73 Å². The van der Waals surface area contributed by atoms with Crippen LogP contribution >= 0.6 is 0 Å². The third kappa shape index (κ3) is 3.78.